The first-order valence-electron chi connectivity index (χ1n) is 9.38. The number of carbonyl (C=O) groups excluding carboxylic acids is 2. The van der Waals surface area contributed by atoms with Crippen LogP contribution in [0.15, 0.2) is 12.2 Å². The van der Waals surface area contributed by atoms with Gasteiger partial charge in [-0.2, -0.15) is 6.42 Å². The summed E-state index contributed by atoms with van der Waals surface area (Å²) < 4.78 is 0. The van der Waals surface area contributed by atoms with Gasteiger partial charge in [0.25, 0.3) is 0 Å². The van der Waals surface area contributed by atoms with Crippen molar-refractivity contribution in [1.29, 1.82) is 0 Å². The van der Waals surface area contributed by atoms with Gasteiger partial charge in [-0.3, -0.25) is 11.1 Å². The van der Waals surface area contributed by atoms with Crippen LogP contribution < -0.4 is 29.6 Å². The molecule has 0 aliphatic heterocycles. The summed E-state index contributed by atoms with van der Waals surface area (Å²) in [5.74, 6) is 0.245. The maximum absolute atomic E-state index is 11.4. The van der Waals surface area contributed by atoms with Crippen LogP contribution in [0.1, 0.15) is 89.9 Å². The Hall–Kier alpha value is -0.160. The van der Waals surface area contributed by atoms with Gasteiger partial charge in [-0.15, -0.1) is 0 Å². The van der Waals surface area contributed by atoms with Crippen LogP contribution in [0, 0.1) is 0 Å². The van der Waals surface area contributed by atoms with Crippen molar-refractivity contribution in [2.45, 2.75) is 89.9 Å². The molecule has 142 valence electrons. The third-order valence-corrected chi connectivity index (χ3v) is 4.08. The summed E-state index contributed by atoms with van der Waals surface area (Å²) >= 11 is 0. The van der Waals surface area contributed by atoms with Crippen LogP contribution in [0.2, 0.25) is 0 Å². The van der Waals surface area contributed by atoms with Gasteiger partial charge in [0.15, 0.2) is 0 Å². The van der Waals surface area contributed by atoms with E-state index in [1.165, 1.54) is 64.2 Å². The first kappa shape index (κ1) is 29.6. The van der Waals surface area contributed by atoms with Gasteiger partial charge in [0.2, 0.25) is 5.91 Å². The van der Waals surface area contributed by atoms with E-state index in [2.05, 4.69) is 12.2 Å². The van der Waals surface area contributed by atoms with Crippen molar-refractivity contribution < 1.29 is 44.6 Å². The van der Waals surface area contributed by atoms with Gasteiger partial charge >= 0.3 is 29.6 Å². The van der Waals surface area contributed by atoms with Crippen LogP contribution in [0.25, 0.3) is 0 Å². The molecule has 0 aromatic carbocycles. The molecule has 4 nitrogen and oxygen atoms in total. The topological polar surface area (TPSA) is 67.4 Å². The SMILES string of the molecule is CN(C)C(=O)CCCCCCC/C=C/CCCCCCC[C-]=O.[Na+].[OH-]. The van der Waals surface area contributed by atoms with Crippen molar-refractivity contribution >= 4 is 12.2 Å². The van der Waals surface area contributed by atoms with Gasteiger partial charge in [-0.05, 0) is 32.1 Å². The quantitative estimate of drug-likeness (QED) is 0.183. The van der Waals surface area contributed by atoms with E-state index < -0.39 is 0 Å². The van der Waals surface area contributed by atoms with E-state index >= 15 is 0 Å². The fraction of sp³-hybridized carbons (Fsp3) is 0.800. The minimum absolute atomic E-state index is 0. The van der Waals surface area contributed by atoms with E-state index in [9.17, 15) is 9.59 Å². The van der Waals surface area contributed by atoms with Gasteiger partial charge in [-0.25, -0.2) is 0 Å². The van der Waals surface area contributed by atoms with Crippen molar-refractivity contribution in [2.75, 3.05) is 14.1 Å². The fourth-order valence-electron chi connectivity index (χ4n) is 2.52. The molecule has 0 bridgehead atoms. The van der Waals surface area contributed by atoms with E-state index in [4.69, 9.17) is 0 Å². The number of amides is 1. The molecule has 0 rings (SSSR count). The Morgan fingerprint density at radius 1 is 0.800 bits per heavy atom. The van der Waals surface area contributed by atoms with Crippen molar-refractivity contribution in [3.63, 3.8) is 0 Å². The van der Waals surface area contributed by atoms with Gasteiger partial charge in [0.05, 0.1) is 0 Å². The zero-order valence-electron chi connectivity index (χ0n) is 16.8. The third-order valence-electron chi connectivity index (χ3n) is 4.08. The second-order valence-electron chi connectivity index (χ2n) is 6.52. The number of hydrogen-bond acceptors (Lipinski definition) is 3. The zero-order valence-corrected chi connectivity index (χ0v) is 18.8. The average molecular weight is 363 g/mol. The molecule has 0 aliphatic rings. The maximum Gasteiger partial charge on any atom is 1.00 e. The second kappa shape index (κ2) is 23.8. The summed E-state index contributed by atoms with van der Waals surface area (Å²) in [7, 11) is 3.64. The largest absolute Gasteiger partial charge is 1.00 e. The van der Waals surface area contributed by atoms with Gasteiger partial charge in [0.1, 0.15) is 0 Å². The summed E-state index contributed by atoms with van der Waals surface area (Å²) in [6, 6.07) is 0. The standard InChI is InChI=1S/C20H36NO2.Na.H2O/c1-21(2)20(23)18-16-14-12-10-8-6-4-3-5-7-9-11-13-15-17-19-22;;/h3-4H,5-18H2,1-2H3;;1H2/q-1;+1;/p-1/b4-3+;;. The van der Waals surface area contributed by atoms with E-state index in [0.717, 1.165) is 12.8 Å². The minimum Gasteiger partial charge on any atom is -0.870 e. The Labute approximate surface area is 177 Å². The molecule has 0 saturated carbocycles. The monoisotopic (exact) mass is 362 g/mol. The Morgan fingerprint density at radius 3 is 1.72 bits per heavy atom. The number of nitrogens with zero attached hydrogens (tertiary/aromatic N) is 1. The van der Waals surface area contributed by atoms with E-state index in [-0.39, 0.29) is 40.9 Å². The molecule has 0 atom stereocenters. The van der Waals surface area contributed by atoms with E-state index in [0.29, 0.717) is 12.8 Å². The molecule has 0 fully saturated rings. The van der Waals surface area contributed by atoms with Crippen LogP contribution >= 0.6 is 0 Å². The van der Waals surface area contributed by atoms with Crippen LogP contribution in [0.4, 0.5) is 0 Å². The van der Waals surface area contributed by atoms with Crippen LogP contribution in [0.3, 0.4) is 0 Å². The molecule has 0 spiro atoms. The molecule has 0 aromatic rings. The summed E-state index contributed by atoms with van der Waals surface area (Å²) in [6.07, 6.45) is 22.2. The zero-order chi connectivity index (χ0) is 17.2. The first-order chi connectivity index (χ1) is 11.2. The normalized spacial score (nSPS) is 10.2. The fourth-order valence-corrected chi connectivity index (χ4v) is 2.52. The predicted octanol–water partition coefficient (Wildman–Crippen LogP) is 2.03. The molecular weight excluding hydrogens is 325 g/mol. The number of rotatable bonds is 16. The molecular formula is C20H37NNaO3-. The van der Waals surface area contributed by atoms with Gasteiger partial charge in [-0.1, -0.05) is 57.1 Å². The predicted molar refractivity (Wildman–Crippen MR) is 100 cm³/mol. The Morgan fingerprint density at radius 2 is 1.24 bits per heavy atom. The van der Waals surface area contributed by atoms with Crippen molar-refractivity contribution in [3.8, 4) is 0 Å². The first-order valence-corrected chi connectivity index (χ1v) is 9.38. The summed E-state index contributed by atoms with van der Waals surface area (Å²) in [5.41, 5.74) is 0. The summed E-state index contributed by atoms with van der Waals surface area (Å²) in [6.45, 7) is 0. The van der Waals surface area contributed by atoms with Crippen LogP contribution in [-0.2, 0) is 9.59 Å². The van der Waals surface area contributed by atoms with Crippen LogP contribution in [-0.4, -0.2) is 36.7 Å². The number of hydrogen-bond donors (Lipinski definition) is 0. The second-order valence-corrected chi connectivity index (χ2v) is 6.52. The van der Waals surface area contributed by atoms with Crippen molar-refractivity contribution in [3.05, 3.63) is 12.2 Å². The van der Waals surface area contributed by atoms with Gasteiger partial charge < -0.3 is 15.2 Å². The molecule has 25 heavy (non-hydrogen) atoms. The number of unbranched alkanes of at least 4 members (excludes halogenated alkanes) is 11. The molecule has 0 unspecified atom stereocenters. The molecule has 0 aliphatic carbocycles. The van der Waals surface area contributed by atoms with E-state index in [1.54, 1.807) is 4.90 Å². The van der Waals surface area contributed by atoms with Crippen LogP contribution in [0.5, 0.6) is 0 Å². The Kier molecular flexibility index (Phi) is 28.2. The smallest absolute Gasteiger partial charge is 0.870 e. The number of allylic oxidation sites excluding steroid dienone is 2. The molecule has 1 amide bonds. The Bertz CT molecular complexity index is 320. The molecule has 0 radical (unpaired) electrons. The molecule has 0 saturated heterocycles. The Balaban J connectivity index is -0.00000242. The molecule has 0 aromatic heterocycles. The average Bonchev–Trinajstić information content (AvgIpc) is 2.54. The van der Waals surface area contributed by atoms with Gasteiger partial charge in [0, 0.05) is 20.5 Å². The van der Waals surface area contributed by atoms with E-state index in [1.807, 2.05) is 20.4 Å². The summed E-state index contributed by atoms with van der Waals surface area (Å²) in [5, 5.41) is 0. The van der Waals surface area contributed by atoms with Crippen molar-refractivity contribution in [1.82, 2.24) is 4.90 Å². The van der Waals surface area contributed by atoms with Crippen molar-refractivity contribution in [2.24, 2.45) is 0 Å². The minimum atomic E-state index is 0. The third kappa shape index (κ3) is 23.8. The molecule has 0 heterocycles. The molecule has 5 heteroatoms. The summed E-state index contributed by atoms with van der Waals surface area (Å²) in [4.78, 5) is 23.1. The molecule has 1 N–H and O–H groups in total. The maximum atomic E-state index is 11.4. The number of carbonyl (C=O) groups is 1.